The quantitative estimate of drug-likeness (QED) is 0.896. The Bertz CT molecular complexity index is 701. The fraction of sp³-hybridized carbons (Fsp3) is 0.556. The Morgan fingerprint density at radius 3 is 2.88 bits per heavy atom. The molecule has 1 N–H and O–H groups in total. The summed E-state index contributed by atoms with van der Waals surface area (Å²) in [5.41, 5.74) is 0.789. The minimum Gasteiger partial charge on any atom is -0.387 e. The molecular weight excluding hydrogens is 326 g/mol. The third-order valence-corrected chi connectivity index (χ3v) is 5.29. The molecule has 6 heteroatoms. The van der Waals surface area contributed by atoms with Gasteiger partial charge in [-0.25, -0.2) is 0 Å². The van der Waals surface area contributed by atoms with Gasteiger partial charge in [0.15, 0.2) is 5.82 Å². The molecule has 1 aliphatic carbocycles. The number of hydrogen-bond acceptors (Lipinski definition) is 5. The lowest BCUT2D eigenvalue weighted by atomic mass is 9.96. The van der Waals surface area contributed by atoms with Crippen LogP contribution in [0.1, 0.15) is 60.9 Å². The summed E-state index contributed by atoms with van der Waals surface area (Å²) >= 11 is 6.19. The van der Waals surface area contributed by atoms with Crippen molar-refractivity contribution in [2.45, 2.75) is 43.6 Å². The Kier molecular flexibility index (Phi) is 4.57. The van der Waals surface area contributed by atoms with Crippen LogP contribution < -0.4 is 0 Å². The molecule has 0 radical (unpaired) electrons. The first-order chi connectivity index (χ1) is 11.7. The molecule has 4 rings (SSSR count). The van der Waals surface area contributed by atoms with Gasteiger partial charge in [0.1, 0.15) is 0 Å². The summed E-state index contributed by atoms with van der Waals surface area (Å²) < 4.78 is 5.40. The maximum absolute atomic E-state index is 10.5. The van der Waals surface area contributed by atoms with E-state index >= 15 is 0 Å². The van der Waals surface area contributed by atoms with Gasteiger partial charge in [0.25, 0.3) is 0 Å². The summed E-state index contributed by atoms with van der Waals surface area (Å²) in [5.74, 6) is 2.41. The van der Waals surface area contributed by atoms with Crippen molar-refractivity contribution in [2.75, 3.05) is 19.6 Å². The molecule has 0 spiro atoms. The SMILES string of the molecule is O[C@@H](CN1CCC[C@@H](c2noc(C3CC3)n2)C1)c1ccccc1Cl. The van der Waals surface area contributed by atoms with E-state index in [9.17, 15) is 5.11 Å². The fourth-order valence-electron chi connectivity index (χ4n) is 3.43. The van der Waals surface area contributed by atoms with Crippen LogP contribution in [0.2, 0.25) is 5.02 Å². The summed E-state index contributed by atoms with van der Waals surface area (Å²) in [6.07, 6.45) is 3.91. The standard InChI is InChI=1S/C18H22ClN3O2/c19-15-6-2-1-5-14(15)16(23)11-22-9-3-4-13(10-22)17-20-18(24-21-17)12-7-8-12/h1-2,5-6,12-13,16,23H,3-4,7-11H2/t13-,16+/m1/s1. The Hall–Kier alpha value is -1.43. The van der Waals surface area contributed by atoms with Crippen LogP contribution in [0.4, 0.5) is 0 Å². The second kappa shape index (κ2) is 6.82. The molecular formula is C18H22ClN3O2. The molecule has 2 fully saturated rings. The molecule has 0 bridgehead atoms. The topological polar surface area (TPSA) is 62.4 Å². The van der Waals surface area contributed by atoms with Gasteiger partial charge in [-0.05, 0) is 38.3 Å². The van der Waals surface area contributed by atoms with E-state index in [4.69, 9.17) is 16.1 Å². The number of nitrogens with zero attached hydrogens (tertiary/aromatic N) is 3. The van der Waals surface area contributed by atoms with Crippen LogP contribution in [0, 0.1) is 0 Å². The smallest absolute Gasteiger partial charge is 0.229 e. The van der Waals surface area contributed by atoms with E-state index in [-0.39, 0.29) is 5.92 Å². The van der Waals surface area contributed by atoms with Gasteiger partial charge < -0.3 is 9.63 Å². The zero-order valence-corrected chi connectivity index (χ0v) is 14.3. The molecule has 1 aromatic heterocycles. The van der Waals surface area contributed by atoms with Gasteiger partial charge in [-0.15, -0.1) is 0 Å². The summed E-state index contributed by atoms with van der Waals surface area (Å²) in [5, 5.41) is 15.3. The summed E-state index contributed by atoms with van der Waals surface area (Å²) in [7, 11) is 0. The minimum atomic E-state index is -0.579. The number of hydrogen-bond donors (Lipinski definition) is 1. The Balaban J connectivity index is 1.40. The predicted octanol–water partition coefficient (Wildman–Crippen LogP) is 3.51. The Labute approximate surface area is 146 Å². The summed E-state index contributed by atoms with van der Waals surface area (Å²) in [6.45, 7) is 2.41. The highest BCUT2D eigenvalue weighted by Gasteiger charge is 2.32. The normalized spacial score (nSPS) is 23.3. The lowest BCUT2D eigenvalue weighted by Crippen LogP contribution is -2.37. The highest BCUT2D eigenvalue weighted by atomic mass is 35.5. The molecule has 2 heterocycles. The van der Waals surface area contributed by atoms with Gasteiger partial charge in [-0.3, -0.25) is 4.90 Å². The van der Waals surface area contributed by atoms with Gasteiger partial charge in [0, 0.05) is 35.5 Å². The number of halogens is 1. The van der Waals surface area contributed by atoms with Crippen molar-refractivity contribution in [3.8, 4) is 0 Å². The van der Waals surface area contributed by atoms with Crippen LogP contribution in [-0.4, -0.2) is 39.8 Å². The third-order valence-electron chi connectivity index (χ3n) is 4.95. The Morgan fingerprint density at radius 1 is 1.25 bits per heavy atom. The second-order valence-electron chi connectivity index (χ2n) is 6.90. The lowest BCUT2D eigenvalue weighted by Gasteiger charge is -2.32. The molecule has 0 amide bonds. The van der Waals surface area contributed by atoms with Gasteiger partial charge in [-0.2, -0.15) is 4.98 Å². The first-order valence-electron chi connectivity index (χ1n) is 8.69. The molecule has 1 aromatic carbocycles. The molecule has 2 aliphatic rings. The monoisotopic (exact) mass is 347 g/mol. The van der Waals surface area contributed by atoms with E-state index in [2.05, 4.69) is 15.0 Å². The van der Waals surface area contributed by atoms with E-state index < -0.39 is 6.10 Å². The molecule has 2 aromatic rings. The van der Waals surface area contributed by atoms with Crippen LogP contribution >= 0.6 is 11.6 Å². The number of likely N-dealkylation sites (tertiary alicyclic amines) is 1. The van der Waals surface area contributed by atoms with Crippen molar-refractivity contribution < 1.29 is 9.63 Å². The number of piperidine rings is 1. The van der Waals surface area contributed by atoms with Gasteiger partial charge in [-0.1, -0.05) is 35.0 Å². The van der Waals surface area contributed by atoms with Crippen molar-refractivity contribution in [3.05, 3.63) is 46.6 Å². The first kappa shape index (κ1) is 16.1. The maximum atomic E-state index is 10.5. The molecule has 1 aliphatic heterocycles. The molecule has 0 unspecified atom stereocenters. The van der Waals surface area contributed by atoms with E-state index in [1.807, 2.05) is 24.3 Å². The fourth-order valence-corrected chi connectivity index (χ4v) is 3.69. The van der Waals surface area contributed by atoms with Gasteiger partial charge in [0.05, 0.1) is 6.10 Å². The van der Waals surface area contributed by atoms with Crippen molar-refractivity contribution in [3.63, 3.8) is 0 Å². The molecule has 5 nitrogen and oxygen atoms in total. The van der Waals surface area contributed by atoms with Gasteiger partial charge >= 0.3 is 0 Å². The molecule has 1 saturated carbocycles. The maximum Gasteiger partial charge on any atom is 0.229 e. The van der Waals surface area contributed by atoms with Crippen molar-refractivity contribution in [1.29, 1.82) is 0 Å². The zero-order valence-electron chi connectivity index (χ0n) is 13.6. The van der Waals surface area contributed by atoms with Gasteiger partial charge in [0.2, 0.25) is 5.89 Å². The van der Waals surface area contributed by atoms with E-state index in [0.29, 0.717) is 17.5 Å². The predicted molar refractivity (Wildman–Crippen MR) is 91.1 cm³/mol. The highest BCUT2D eigenvalue weighted by Crippen LogP contribution is 2.39. The number of benzene rings is 1. The Morgan fingerprint density at radius 2 is 2.08 bits per heavy atom. The average Bonchev–Trinajstić information content (AvgIpc) is 3.32. The largest absolute Gasteiger partial charge is 0.387 e. The molecule has 128 valence electrons. The van der Waals surface area contributed by atoms with Crippen molar-refractivity contribution in [1.82, 2.24) is 15.0 Å². The number of aromatic nitrogens is 2. The van der Waals surface area contributed by atoms with Crippen LogP contribution in [0.3, 0.4) is 0 Å². The van der Waals surface area contributed by atoms with E-state index in [0.717, 1.165) is 43.2 Å². The van der Waals surface area contributed by atoms with E-state index in [1.165, 1.54) is 12.8 Å². The first-order valence-corrected chi connectivity index (χ1v) is 9.07. The highest BCUT2D eigenvalue weighted by molar-refractivity contribution is 6.31. The van der Waals surface area contributed by atoms with E-state index in [1.54, 1.807) is 0 Å². The number of β-amino-alcohol motifs (C(OH)–C–C–N with tert-alkyl or cyclic N) is 1. The molecule has 1 saturated heterocycles. The number of aliphatic hydroxyl groups is 1. The second-order valence-corrected chi connectivity index (χ2v) is 7.31. The van der Waals surface area contributed by atoms with Crippen LogP contribution in [0.5, 0.6) is 0 Å². The van der Waals surface area contributed by atoms with Crippen molar-refractivity contribution in [2.24, 2.45) is 0 Å². The summed E-state index contributed by atoms with van der Waals surface area (Å²) in [6, 6.07) is 7.48. The lowest BCUT2D eigenvalue weighted by molar-refractivity contribution is 0.0943. The summed E-state index contributed by atoms with van der Waals surface area (Å²) in [4.78, 5) is 6.87. The third kappa shape index (κ3) is 3.48. The minimum absolute atomic E-state index is 0.286. The van der Waals surface area contributed by atoms with Crippen molar-refractivity contribution >= 4 is 11.6 Å². The zero-order chi connectivity index (χ0) is 16.5. The van der Waals surface area contributed by atoms with Crippen LogP contribution in [-0.2, 0) is 0 Å². The van der Waals surface area contributed by atoms with Crippen LogP contribution in [0.15, 0.2) is 28.8 Å². The molecule has 24 heavy (non-hydrogen) atoms. The number of aliphatic hydroxyl groups excluding tert-OH is 1. The van der Waals surface area contributed by atoms with Crippen LogP contribution in [0.25, 0.3) is 0 Å². The average molecular weight is 348 g/mol. The number of rotatable bonds is 5. The molecule has 2 atom stereocenters.